The van der Waals surface area contributed by atoms with Crippen molar-refractivity contribution in [2.45, 2.75) is 38.4 Å². The molecule has 5 nitrogen and oxygen atoms in total. The number of hydrogen-bond donors (Lipinski definition) is 0. The summed E-state index contributed by atoms with van der Waals surface area (Å²) in [6.07, 6.45) is 4.73. The number of aromatic nitrogens is 2. The quantitative estimate of drug-likeness (QED) is 0.580. The molecule has 29 heavy (non-hydrogen) atoms. The highest BCUT2D eigenvalue weighted by atomic mass is 32.1. The van der Waals surface area contributed by atoms with Crippen molar-refractivity contribution in [1.82, 2.24) is 19.6 Å². The third-order valence-electron chi connectivity index (χ3n) is 5.74. The van der Waals surface area contributed by atoms with Gasteiger partial charge in [0.1, 0.15) is 0 Å². The molecule has 2 aromatic heterocycles. The number of likely N-dealkylation sites (N-methyl/N-ethyl adjacent to an activating group) is 1. The molecule has 152 valence electrons. The van der Waals surface area contributed by atoms with Gasteiger partial charge < -0.3 is 4.90 Å². The summed E-state index contributed by atoms with van der Waals surface area (Å²) in [7, 11) is 5.77. The molecule has 4 rings (SSSR count). The molecule has 0 fully saturated rings. The van der Waals surface area contributed by atoms with Crippen molar-refractivity contribution in [3.05, 3.63) is 64.8 Å². The van der Waals surface area contributed by atoms with Crippen molar-refractivity contribution in [3.63, 3.8) is 0 Å². The maximum Gasteiger partial charge on any atom is 0.274 e. The van der Waals surface area contributed by atoms with Crippen molar-refractivity contribution in [2.75, 3.05) is 21.1 Å². The van der Waals surface area contributed by atoms with E-state index in [0.29, 0.717) is 18.3 Å². The van der Waals surface area contributed by atoms with E-state index in [1.807, 2.05) is 22.1 Å². The lowest BCUT2D eigenvalue weighted by atomic mass is 9.90. The molecule has 1 amide bonds. The smallest absolute Gasteiger partial charge is 0.274 e. The van der Waals surface area contributed by atoms with Crippen molar-refractivity contribution in [1.29, 1.82) is 0 Å². The standard InChI is InChI=1S/C23H28N4OS/c1-5-12-27-20-11-10-17(14-19(20)22(24-27)23(28)25(2)3)26(4)15-18-13-16-8-6-7-9-21(16)29-18/h5-9,13,17H,1,10-12,14-15H2,2-4H3. The lowest BCUT2D eigenvalue weighted by molar-refractivity contribution is 0.0819. The van der Waals surface area contributed by atoms with Crippen LogP contribution in [0.25, 0.3) is 10.1 Å². The van der Waals surface area contributed by atoms with Crippen molar-refractivity contribution in [3.8, 4) is 0 Å². The van der Waals surface area contributed by atoms with Gasteiger partial charge in [0.25, 0.3) is 5.91 Å². The van der Waals surface area contributed by atoms with E-state index >= 15 is 0 Å². The minimum atomic E-state index is -0.0168. The monoisotopic (exact) mass is 408 g/mol. The number of rotatable bonds is 6. The number of hydrogen-bond acceptors (Lipinski definition) is 4. The maximum atomic E-state index is 12.7. The minimum absolute atomic E-state index is 0.0168. The molecule has 1 aliphatic rings. The summed E-state index contributed by atoms with van der Waals surface area (Å²) in [5, 5.41) is 5.96. The summed E-state index contributed by atoms with van der Waals surface area (Å²) in [6, 6.07) is 11.3. The average Bonchev–Trinajstić information content (AvgIpc) is 3.28. The van der Waals surface area contributed by atoms with E-state index in [4.69, 9.17) is 0 Å². The van der Waals surface area contributed by atoms with Gasteiger partial charge in [0.05, 0.1) is 6.54 Å². The number of benzene rings is 1. The van der Waals surface area contributed by atoms with E-state index < -0.39 is 0 Å². The molecule has 1 unspecified atom stereocenters. The summed E-state index contributed by atoms with van der Waals surface area (Å²) < 4.78 is 3.30. The van der Waals surface area contributed by atoms with Crippen LogP contribution in [0, 0.1) is 0 Å². The number of amides is 1. The van der Waals surface area contributed by atoms with Crippen LogP contribution >= 0.6 is 11.3 Å². The van der Waals surface area contributed by atoms with Crippen molar-refractivity contribution >= 4 is 27.3 Å². The van der Waals surface area contributed by atoms with Crippen LogP contribution in [0.15, 0.2) is 43.0 Å². The zero-order chi connectivity index (χ0) is 20.5. The fourth-order valence-electron chi connectivity index (χ4n) is 4.19. The van der Waals surface area contributed by atoms with E-state index in [2.05, 4.69) is 54.0 Å². The second-order valence-electron chi connectivity index (χ2n) is 8.01. The number of carbonyl (C=O) groups is 1. The first-order valence-electron chi connectivity index (χ1n) is 10.1. The van der Waals surface area contributed by atoms with Gasteiger partial charge in [-0.3, -0.25) is 14.4 Å². The minimum Gasteiger partial charge on any atom is -0.343 e. The molecule has 1 aromatic carbocycles. The zero-order valence-corrected chi connectivity index (χ0v) is 18.2. The van der Waals surface area contributed by atoms with Gasteiger partial charge in [-0.15, -0.1) is 17.9 Å². The van der Waals surface area contributed by atoms with E-state index in [0.717, 1.165) is 31.4 Å². The van der Waals surface area contributed by atoms with E-state index in [1.54, 1.807) is 19.0 Å². The Morgan fingerprint density at radius 3 is 2.86 bits per heavy atom. The molecule has 6 heteroatoms. The number of carbonyl (C=O) groups excluding carboxylic acids is 1. The third kappa shape index (κ3) is 3.87. The van der Waals surface area contributed by atoms with Gasteiger partial charge in [-0.05, 0) is 43.8 Å². The Hall–Kier alpha value is -2.44. The van der Waals surface area contributed by atoms with Crippen LogP contribution < -0.4 is 0 Å². The Bertz CT molecular complexity index is 1020. The maximum absolute atomic E-state index is 12.7. The topological polar surface area (TPSA) is 41.4 Å². The fraction of sp³-hybridized carbons (Fsp3) is 0.391. The highest BCUT2D eigenvalue weighted by molar-refractivity contribution is 7.19. The van der Waals surface area contributed by atoms with Crippen LogP contribution in [0.5, 0.6) is 0 Å². The fourth-order valence-corrected chi connectivity index (χ4v) is 5.32. The van der Waals surface area contributed by atoms with Crippen LogP contribution in [0.1, 0.15) is 33.0 Å². The molecule has 0 N–H and O–H groups in total. The second-order valence-corrected chi connectivity index (χ2v) is 9.17. The molecule has 0 saturated heterocycles. The number of fused-ring (bicyclic) bond motifs is 2. The molecule has 2 heterocycles. The number of allylic oxidation sites excluding steroid dienone is 1. The summed E-state index contributed by atoms with van der Waals surface area (Å²) in [6.45, 7) is 5.41. The Morgan fingerprint density at radius 2 is 2.14 bits per heavy atom. The van der Waals surface area contributed by atoms with Crippen LogP contribution in [-0.2, 0) is 25.9 Å². The Labute approximate surface area is 176 Å². The average molecular weight is 409 g/mol. The SMILES string of the molecule is C=CCn1nc(C(=O)N(C)C)c2c1CCC(N(C)Cc1cc3ccccc3s1)C2. The van der Waals surface area contributed by atoms with Gasteiger partial charge >= 0.3 is 0 Å². The van der Waals surface area contributed by atoms with Crippen LogP contribution in [-0.4, -0.2) is 52.7 Å². The zero-order valence-electron chi connectivity index (χ0n) is 17.4. The summed E-state index contributed by atoms with van der Waals surface area (Å²) in [4.78, 5) is 18.1. The molecule has 0 aliphatic heterocycles. The van der Waals surface area contributed by atoms with Gasteiger partial charge in [0, 0.05) is 47.5 Å². The Kier molecular flexibility index (Phi) is 5.56. The molecule has 0 bridgehead atoms. The highest BCUT2D eigenvalue weighted by Crippen LogP contribution is 2.30. The molecule has 1 atom stereocenters. The summed E-state index contributed by atoms with van der Waals surface area (Å²) >= 11 is 1.87. The summed E-state index contributed by atoms with van der Waals surface area (Å²) in [5.74, 6) is -0.0168. The van der Waals surface area contributed by atoms with Crippen LogP contribution in [0.3, 0.4) is 0 Å². The highest BCUT2D eigenvalue weighted by Gasteiger charge is 2.31. The number of thiophene rings is 1. The van der Waals surface area contributed by atoms with Gasteiger partial charge in [0.15, 0.2) is 5.69 Å². The predicted octanol–water partition coefficient (Wildman–Crippen LogP) is 3.97. The molecule has 1 aliphatic carbocycles. The lowest BCUT2D eigenvalue weighted by Crippen LogP contribution is -2.36. The second kappa shape index (κ2) is 8.13. The number of nitrogens with zero attached hydrogens (tertiary/aromatic N) is 4. The molecule has 3 aromatic rings. The lowest BCUT2D eigenvalue weighted by Gasteiger charge is -2.31. The van der Waals surface area contributed by atoms with Gasteiger partial charge in [-0.2, -0.15) is 5.10 Å². The molecule has 0 spiro atoms. The molecular weight excluding hydrogens is 380 g/mol. The van der Waals surface area contributed by atoms with Crippen molar-refractivity contribution < 1.29 is 4.79 Å². The van der Waals surface area contributed by atoms with Crippen LogP contribution in [0.4, 0.5) is 0 Å². The van der Waals surface area contributed by atoms with Gasteiger partial charge in [-0.1, -0.05) is 24.3 Å². The van der Waals surface area contributed by atoms with E-state index in [9.17, 15) is 4.79 Å². The van der Waals surface area contributed by atoms with E-state index in [1.165, 1.54) is 20.7 Å². The molecule has 0 radical (unpaired) electrons. The third-order valence-corrected chi connectivity index (χ3v) is 6.84. The summed E-state index contributed by atoms with van der Waals surface area (Å²) in [5.41, 5.74) is 2.92. The first-order chi connectivity index (χ1) is 14.0. The van der Waals surface area contributed by atoms with Crippen molar-refractivity contribution in [2.24, 2.45) is 0 Å². The largest absolute Gasteiger partial charge is 0.343 e. The predicted molar refractivity (Wildman–Crippen MR) is 120 cm³/mol. The Balaban J connectivity index is 1.56. The van der Waals surface area contributed by atoms with Gasteiger partial charge in [0.2, 0.25) is 0 Å². The van der Waals surface area contributed by atoms with Gasteiger partial charge in [-0.25, -0.2) is 0 Å². The normalized spacial score (nSPS) is 16.2. The molecular formula is C23H28N4OS. The first-order valence-corrected chi connectivity index (χ1v) is 10.9. The molecule has 0 saturated carbocycles. The van der Waals surface area contributed by atoms with E-state index in [-0.39, 0.29) is 5.91 Å². The van der Waals surface area contributed by atoms with Crippen LogP contribution in [0.2, 0.25) is 0 Å². The Morgan fingerprint density at radius 1 is 1.34 bits per heavy atom. The first kappa shape index (κ1) is 19.9.